The van der Waals surface area contributed by atoms with Crippen LogP contribution in [0.1, 0.15) is 24.8 Å². The number of benzene rings is 1. The SMILES string of the molecule is O=C(NCCc1ccc(Cl)cc1)C1=NN(C2CCS(=O)(=O)C2)C(=O)CC1. The van der Waals surface area contributed by atoms with Gasteiger partial charge in [0.1, 0.15) is 5.71 Å². The van der Waals surface area contributed by atoms with Crippen LogP contribution in [0.5, 0.6) is 0 Å². The molecule has 9 heteroatoms. The standard InChI is InChI=1S/C17H20ClN3O4S/c18-13-3-1-12(2-4-13)7-9-19-17(23)15-5-6-16(22)21(20-15)14-8-10-26(24,25)11-14/h1-4,14H,5-11H2,(H,19,23). The van der Waals surface area contributed by atoms with E-state index in [1.54, 1.807) is 12.1 Å². The van der Waals surface area contributed by atoms with Gasteiger partial charge >= 0.3 is 0 Å². The van der Waals surface area contributed by atoms with Crippen molar-refractivity contribution in [3.63, 3.8) is 0 Å². The molecule has 1 saturated heterocycles. The van der Waals surface area contributed by atoms with Gasteiger partial charge in [-0.1, -0.05) is 23.7 Å². The van der Waals surface area contributed by atoms with E-state index in [9.17, 15) is 18.0 Å². The van der Waals surface area contributed by atoms with Crippen LogP contribution in [0.4, 0.5) is 0 Å². The highest BCUT2D eigenvalue weighted by molar-refractivity contribution is 7.91. The van der Waals surface area contributed by atoms with Crippen LogP contribution < -0.4 is 5.32 Å². The zero-order valence-electron chi connectivity index (χ0n) is 14.2. The lowest BCUT2D eigenvalue weighted by Gasteiger charge is -2.27. The summed E-state index contributed by atoms with van der Waals surface area (Å²) in [5.74, 6) is -0.588. The molecule has 0 saturated carbocycles. The van der Waals surface area contributed by atoms with E-state index >= 15 is 0 Å². The highest BCUT2D eigenvalue weighted by atomic mass is 35.5. The summed E-state index contributed by atoms with van der Waals surface area (Å²) in [7, 11) is -3.13. The molecular weight excluding hydrogens is 378 g/mol. The summed E-state index contributed by atoms with van der Waals surface area (Å²) in [6.45, 7) is 0.436. The minimum absolute atomic E-state index is 0.0551. The van der Waals surface area contributed by atoms with Gasteiger partial charge < -0.3 is 5.32 Å². The second-order valence-electron chi connectivity index (χ2n) is 6.47. The topological polar surface area (TPSA) is 95.9 Å². The molecule has 3 rings (SSSR count). The molecule has 0 spiro atoms. The lowest BCUT2D eigenvalue weighted by atomic mass is 10.1. The first-order chi connectivity index (χ1) is 12.3. The minimum Gasteiger partial charge on any atom is -0.351 e. The van der Waals surface area contributed by atoms with Crippen LogP contribution in [0.25, 0.3) is 0 Å². The van der Waals surface area contributed by atoms with Crippen LogP contribution >= 0.6 is 11.6 Å². The molecule has 1 N–H and O–H groups in total. The van der Waals surface area contributed by atoms with Crippen molar-refractivity contribution < 1.29 is 18.0 Å². The number of nitrogens with zero attached hydrogens (tertiary/aromatic N) is 2. The molecule has 2 aliphatic heterocycles. The van der Waals surface area contributed by atoms with Gasteiger partial charge in [-0.3, -0.25) is 9.59 Å². The van der Waals surface area contributed by atoms with Crippen LogP contribution in [0, 0.1) is 0 Å². The molecule has 1 atom stereocenters. The van der Waals surface area contributed by atoms with Crippen molar-refractivity contribution in [3.05, 3.63) is 34.9 Å². The van der Waals surface area contributed by atoms with Crippen LogP contribution in [-0.2, 0) is 25.8 Å². The zero-order chi connectivity index (χ0) is 18.7. The molecule has 0 bridgehead atoms. The van der Waals surface area contributed by atoms with Gasteiger partial charge in [0.15, 0.2) is 9.84 Å². The Kier molecular flexibility index (Phi) is 5.62. The number of carbonyl (C=O) groups is 2. The number of hydrogen-bond donors (Lipinski definition) is 1. The molecule has 7 nitrogen and oxygen atoms in total. The van der Waals surface area contributed by atoms with Gasteiger partial charge in [-0.05, 0) is 30.5 Å². The summed E-state index contributed by atoms with van der Waals surface area (Å²) in [4.78, 5) is 24.4. The van der Waals surface area contributed by atoms with E-state index in [-0.39, 0.29) is 41.9 Å². The normalized spacial score (nSPS) is 22.2. The summed E-state index contributed by atoms with van der Waals surface area (Å²) in [6.07, 6.45) is 1.45. The van der Waals surface area contributed by atoms with E-state index in [0.29, 0.717) is 24.4 Å². The average Bonchev–Trinajstić information content (AvgIpc) is 2.96. The monoisotopic (exact) mass is 397 g/mol. The lowest BCUT2D eigenvalue weighted by molar-refractivity contribution is -0.133. The predicted molar refractivity (Wildman–Crippen MR) is 98.7 cm³/mol. The van der Waals surface area contributed by atoms with E-state index in [4.69, 9.17) is 11.6 Å². The van der Waals surface area contributed by atoms with Crippen LogP contribution in [0.15, 0.2) is 29.4 Å². The number of carbonyl (C=O) groups excluding carboxylic acids is 2. The van der Waals surface area contributed by atoms with Gasteiger partial charge in [0.05, 0.1) is 17.5 Å². The maximum absolute atomic E-state index is 12.3. The predicted octanol–water partition coefficient (Wildman–Crippen LogP) is 1.16. The third-order valence-electron chi connectivity index (χ3n) is 4.49. The van der Waals surface area contributed by atoms with Crippen molar-refractivity contribution in [2.75, 3.05) is 18.1 Å². The Hall–Kier alpha value is -1.93. The van der Waals surface area contributed by atoms with E-state index in [1.807, 2.05) is 12.1 Å². The number of sulfone groups is 1. The summed E-state index contributed by atoms with van der Waals surface area (Å²) in [6, 6.07) is 6.91. The van der Waals surface area contributed by atoms with Crippen molar-refractivity contribution in [2.24, 2.45) is 5.10 Å². The van der Waals surface area contributed by atoms with Crippen LogP contribution in [0.2, 0.25) is 5.02 Å². The number of amides is 2. The van der Waals surface area contributed by atoms with E-state index in [1.165, 1.54) is 5.01 Å². The van der Waals surface area contributed by atoms with Gasteiger partial charge in [-0.15, -0.1) is 0 Å². The first-order valence-corrected chi connectivity index (χ1v) is 10.7. The second kappa shape index (κ2) is 7.75. The van der Waals surface area contributed by atoms with Crippen molar-refractivity contribution in [1.29, 1.82) is 0 Å². The van der Waals surface area contributed by atoms with Crippen molar-refractivity contribution in [2.45, 2.75) is 31.7 Å². The smallest absolute Gasteiger partial charge is 0.267 e. The molecule has 0 aromatic heterocycles. The highest BCUT2D eigenvalue weighted by Crippen LogP contribution is 2.22. The van der Waals surface area contributed by atoms with Crippen LogP contribution in [-0.4, -0.2) is 55.0 Å². The molecule has 0 aliphatic carbocycles. The minimum atomic E-state index is -3.13. The number of hydrazone groups is 1. The average molecular weight is 398 g/mol. The third kappa shape index (κ3) is 4.62. The summed E-state index contributed by atoms with van der Waals surface area (Å²) >= 11 is 5.84. The van der Waals surface area contributed by atoms with Crippen LogP contribution in [0.3, 0.4) is 0 Å². The Balaban J connectivity index is 1.58. The molecule has 1 fully saturated rings. The van der Waals surface area contributed by atoms with Gasteiger partial charge in [0.2, 0.25) is 5.91 Å². The Morgan fingerprint density at radius 1 is 1.27 bits per heavy atom. The molecule has 2 amide bonds. The summed E-state index contributed by atoms with van der Waals surface area (Å²) in [5.41, 5.74) is 1.32. The Morgan fingerprint density at radius 3 is 2.65 bits per heavy atom. The van der Waals surface area contributed by atoms with Crippen molar-refractivity contribution in [1.82, 2.24) is 10.3 Å². The van der Waals surface area contributed by atoms with E-state index in [2.05, 4.69) is 10.4 Å². The number of rotatable bonds is 5. The third-order valence-corrected chi connectivity index (χ3v) is 6.49. The summed E-state index contributed by atoms with van der Waals surface area (Å²) in [5, 5.41) is 8.81. The molecular formula is C17H20ClN3O4S. The number of halogens is 1. The second-order valence-corrected chi connectivity index (χ2v) is 9.14. The van der Waals surface area contributed by atoms with Gasteiger partial charge in [0, 0.05) is 24.4 Å². The molecule has 2 heterocycles. The van der Waals surface area contributed by atoms with Gasteiger partial charge in [-0.2, -0.15) is 5.10 Å². The lowest BCUT2D eigenvalue weighted by Crippen LogP contribution is -2.44. The highest BCUT2D eigenvalue weighted by Gasteiger charge is 2.37. The van der Waals surface area contributed by atoms with Gasteiger partial charge in [-0.25, -0.2) is 13.4 Å². The zero-order valence-corrected chi connectivity index (χ0v) is 15.7. The quantitative estimate of drug-likeness (QED) is 0.806. The fraction of sp³-hybridized carbons (Fsp3) is 0.471. The van der Waals surface area contributed by atoms with Crippen molar-refractivity contribution >= 4 is 39.0 Å². The van der Waals surface area contributed by atoms with E-state index in [0.717, 1.165) is 5.56 Å². The Morgan fingerprint density at radius 2 is 2.00 bits per heavy atom. The summed E-state index contributed by atoms with van der Waals surface area (Å²) < 4.78 is 23.3. The Bertz CT molecular complexity index is 836. The van der Waals surface area contributed by atoms with Crippen molar-refractivity contribution in [3.8, 4) is 0 Å². The molecule has 2 aliphatic rings. The number of hydrogen-bond acceptors (Lipinski definition) is 5. The number of nitrogens with one attached hydrogen (secondary N) is 1. The molecule has 0 radical (unpaired) electrons. The molecule has 1 aromatic rings. The molecule has 140 valence electrons. The van der Waals surface area contributed by atoms with E-state index < -0.39 is 15.9 Å². The largest absolute Gasteiger partial charge is 0.351 e. The maximum atomic E-state index is 12.3. The molecule has 1 unspecified atom stereocenters. The Labute approximate surface area is 157 Å². The molecule has 26 heavy (non-hydrogen) atoms. The fourth-order valence-corrected chi connectivity index (χ4v) is 4.88. The first kappa shape index (κ1) is 18.8. The fourth-order valence-electron chi connectivity index (χ4n) is 3.06. The van der Waals surface area contributed by atoms with Gasteiger partial charge in [0.25, 0.3) is 5.91 Å². The maximum Gasteiger partial charge on any atom is 0.267 e. The first-order valence-electron chi connectivity index (χ1n) is 8.47. The molecule has 1 aromatic carbocycles.